The molecule has 0 saturated carbocycles. The van der Waals surface area contributed by atoms with Crippen LogP contribution in [-0.4, -0.2) is 41.8 Å². The first-order valence-electron chi connectivity index (χ1n) is 7.43. The molecule has 0 aliphatic rings. The highest BCUT2D eigenvalue weighted by atomic mass is 16.1. The molecule has 0 aliphatic carbocycles. The number of nitrogens with one attached hydrogen (secondary N) is 2. The van der Waals surface area contributed by atoms with E-state index in [1.165, 1.54) is 0 Å². The first kappa shape index (κ1) is 19.2. The predicted molar refractivity (Wildman–Crippen MR) is 82.7 cm³/mol. The third-order valence-corrected chi connectivity index (χ3v) is 4.00. The summed E-state index contributed by atoms with van der Waals surface area (Å²) < 4.78 is 0. The average Bonchev–Trinajstić information content (AvgIpc) is 2.41. The van der Waals surface area contributed by atoms with Gasteiger partial charge in [0.1, 0.15) is 0 Å². The standard InChI is InChI=1S/C15H31N3O2/c1-7-14(5,16)12(19)10-18-15(6,8-2)13(20)9-17-11(3)4/h11,17-18H,7-10,16H2,1-6H3. The Balaban J connectivity index is 4.59. The summed E-state index contributed by atoms with van der Waals surface area (Å²) in [4.78, 5) is 24.3. The van der Waals surface area contributed by atoms with Gasteiger partial charge in [-0.2, -0.15) is 0 Å². The molecule has 20 heavy (non-hydrogen) atoms. The Labute approximate surface area is 123 Å². The molecule has 5 heteroatoms. The lowest BCUT2D eigenvalue weighted by molar-refractivity contribution is -0.126. The lowest BCUT2D eigenvalue weighted by Crippen LogP contribution is -2.57. The zero-order chi connectivity index (χ0) is 16.0. The largest absolute Gasteiger partial charge is 0.319 e. The predicted octanol–water partition coefficient (Wildman–Crippen LogP) is 1.01. The number of Topliss-reactive ketones (excluding diaryl/α,β-unsaturated/α-hetero) is 2. The molecule has 0 heterocycles. The van der Waals surface area contributed by atoms with Crippen LogP contribution in [0.15, 0.2) is 0 Å². The maximum Gasteiger partial charge on any atom is 0.166 e. The molecule has 0 amide bonds. The quantitative estimate of drug-likeness (QED) is 0.558. The molecule has 2 atom stereocenters. The second kappa shape index (κ2) is 7.86. The topological polar surface area (TPSA) is 84.2 Å². The highest BCUT2D eigenvalue weighted by Crippen LogP contribution is 2.12. The molecule has 0 aromatic rings. The summed E-state index contributed by atoms with van der Waals surface area (Å²) in [6, 6.07) is 0.258. The van der Waals surface area contributed by atoms with Crippen molar-refractivity contribution in [3.63, 3.8) is 0 Å². The lowest BCUT2D eigenvalue weighted by Gasteiger charge is -2.30. The van der Waals surface area contributed by atoms with E-state index in [4.69, 9.17) is 5.73 Å². The van der Waals surface area contributed by atoms with Gasteiger partial charge in [-0.25, -0.2) is 0 Å². The SMILES string of the molecule is CCC(C)(N)C(=O)CNC(C)(CC)C(=O)CNC(C)C. The van der Waals surface area contributed by atoms with Gasteiger partial charge in [0.2, 0.25) is 0 Å². The molecule has 118 valence electrons. The van der Waals surface area contributed by atoms with Crippen molar-refractivity contribution in [1.82, 2.24) is 10.6 Å². The molecule has 2 unspecified atom stereocenters. The highest BCUT2D eigenvalue weighted by Gasteiger charge is 2.33. The van der Waals surface area contributed by atoms with E-state index in [-0.39, 0.29) is 24.2 Å². The molecule has 0 aliphatic heterocycles. The Morgan fingerprint density at radius 2 is 1.60 bits per heavy atom. The number of hydrogen-bond acceptors (Lipinski definition) is 5. The zero-order valence-corrected chi connectivity index (χ0v) is 13.8. The van der Waals surface area contributed by atoms with E-state index in [1.807, 2.05) is 34.6 Å². The van der Waals surface area contributed by atoms with Crippen LogP contribution < -0.4 is 16.4 Å². The van der Waals surface area contributed by atoms with Gasteiger partial charge < -0.3 is 11.1 Å². The fraction of sp³-hybridized carbons (Fsp3) is 0.867. The monoisotopic (exact) mass is 285 g/mol. The van der Waals surface area contributed by atoms with Gasteiger partial charge in [0, 0.05) is 6.04 Å². The summed E-state index contributed by atoms with van der Waals surface area (Å²) in [5.74, 6) is 0.000941. The molecule has 0 radical (unpaired) electrons. The van der Waals surface area contributed by atoms with Crippen LogP contribution in [0.1, 0.15) is 54.4 Å². The molecule has 0 aromatic carbocycles. The zero-order valence-electron chi connectivity index (χ0n) is 13.8. The van der Waals surface area contributed by atoms with Crippen LogP contribution >= 0.6 is 0 Å². The van der Waals surface area contributed by atoms with Crippen LogP contribution in [-0.2, 0) is 9.59 Å². The van der Waals surface area contributed by atoms with Gasteiger partial charge in [-0.15, -0.1) is 0 Å². The van der Waals surface area contributed by atoms with Crippen molar-refractivity contribution in [2.24, 2.45) is 5.73 Å². The van der Waals surface area contributed by atoms with Gasteiger partial charge in [0.25, 0.3) is 0 Å². The number of carbonyl (C=O) groups is 2. The van der Waals surface area contributed by atoms with E-state index in [0.717, 1.165) is 0 Å². The number of carbonyl (C=O) groups excluding carboxylic acids is 2. The first-order chi connectivity index (χ1) is 9.09. The minimum atomic E-state index is -0.832. The number of ketones is 2. The van der Waals surface area contributed by atoms with Crippen molar-refractivity contribution in [1.29, 1.82) is 0 Å². The summed E-state index contributed by atoms with van der Waals surface area (Å²) in [5.41, 5.74) is 4.39. The smallest absolute Gasteiger partial charge is 0.166 e. The molecule has 0 rings (SSSR count). The van der Waals surface area contributed by atoms with Crippen LogP contribution in [0, 0.1) is 0 Å². The van der Waals surface area contributed by atoms with E-state index >= 15 is 0 Å². The van der Waals surface area contributed by atoms with Gasteiger partial charge >= 0.3 is 0 Å². The molecule has 5 nitrogen and oxygen atoms in total. The lowest BCUT2D eigenvalue weighted by atomic mass is 9.90. The summed E-state index contributed by atoms with van der Waals surface area (Å²) in [5, 5.41) is 6.21. The van der Waals surface area contributed by atoms with E-state index in [1.54, 1.807) is 6.92 Å². The number of rotatable bonds is 10. The Morgan fingerprint density at radius 1 is 1.05 bits per heavy atom. The summed E-state index contributed by atoms with van der Waals surface area (Å²) in [6.45, 7) is 11.8. The van der Waals surface area contributed by atoms with Gasteiger partial charge in [-0.1, -0.05) is 27.7 Å². The van der Waals surface area contributed by atoms with Gasteiger partial charge in [-0.3, -0.25) is 14.9 Å². The fourth-order valence-corrected chi connectivity index (χ4v) is 1.59. The normalized spacial score (nSPS) is 17.6. The van der Waals surface area contributed by atoms with E-state index in [2.05, 4.69) is 10.6 Å². The number of nitrogens with two attached hydrogens (primary N) is 1. The molecule has 0 fully saturated rings. The van der Waals surface area contributed by atoms with Gasteiger partial charge in [0.05, 0.1) is 24.2 Å². The molecule has 0 spiro atoms. The van der Waals surface area contributed by atoms with E-state index in [0.29, 0.717) is 19.4 Å². The van der Waals surface area contributed by atoms with Crippen molar-refractivity contribution in [2.75, 3.05) is 13.1 Å². The van der Waals surface area contributed by atoms with Crippen molar-refractivity contribution in [2.45, 2.75) is 71.5 Å². The highest BCUT2D eigenvalue weighted by molar-refractivity contribution is 5.92. The summed E-state index contributed by atoms with van der Waals surface area (Å²) in [7, 11) is 0. The van der Waals surface area contributed by atoms with Crippen LogP contribution in [0.25, 0.3) is 0 Å². The second-order valence-electron chi connectivity index (χ2n) is 6.19. The van der Waals surface area contributed by atoms with Crippen molar-refractivity contribution in [3.05, 3.63) is 0 Å². The molecule has 0 aromatic heterocycles. The number of hydrogen-bond donors (Lipinski definition) is 3. The van der Waals surface area contributed by atoms with Crippen molar-refractivity contribution >= 4 is 11.6 Å². The molecular weight excluding hydrogens is 254 g/mol. The minimum Gasteiger partial charge on any atom is -0.319 e. The van der Waals surface area contributed by atoms with Gasteiger partial charge in [0.15, 0.2) is 11.6 Å². The molecule has 4 N–H and O–H groups in total. The Hall–Kier alpha value is -0.780. The first-order valence-corrected chi connectivity index (χ1v) is 7.43. The summed E-state index contributed by atoms with van der Waals surface area (Å²) in [6.07, 6.45) is 1.21. The minimum absolute atomic E-state index is 0.0655. The van der Waals surface area contributed by atoms with Crippen LogP contribution in [0.3, 0.4) is 0 Å². The van der Waals surface area contributed by atoms with Crippen molar-refractivity contribution in [3.8, 4) is 0 Å². The van der Waals surface area contributed by atoms with Crippen LogP contribution in [0.5, 0.6) is 0 Å². The maximum atomic E-state index is 12.3. The Kier molecular flexibility index (Phi) is 7.55. The van der Waals surface area contributed by atoms with E-state index < -0.39 is 11.1 Å². The van der Waals surface area contributed by atoms with Crippen LogP contribution in [0.2, 0.25) is 0 Å². The average molecular weight is 285 g/mol. The Morgan fingerprint density at radius 3 is 2.00 bits per heavy atom. The molecule has 0 bridgehead atoms. The summed E-state index contributed by atoms with van der Waals surface area (Å²) >= 11 is 0. The molecular formula is C15H31N3O2. The van der Waals surface area contributed by atoms with E-state index in [9.17, 15) is 9.59 Å². The van der Waals surface area contributed by atoms with Crippen molar-refractivity contribution < 1.29 is 9.59 Å². The second-order valence-corrected chi connectivity index (χ2v) is 6.19. The van der Waals surface area contributed by atoms with Gasteiger partial charge in [-0.05, 0) is 26.7 Å². The third-order valence-electron chi connectivity index (χ3n) is 4.00. The maximum absolute atomic E-state index is 12.3. The fourth-order valence-electron chi connectivity index (χ4n) is 1.59. The molecule has 0 saturated heterocycles. The third kappa shape index (κ3) is 5.69. The van der Waals surface area contributed by atoms with Crippen LogP contribution in [0.4, 0.5) is 0 Å². The Bertz CT molecular complexity index is 340.